The standard InChI is InChI=1S/C27H22FN3O3/c28-19-9-5-7-17(15-19)25-29-26(34-30-25)18-8-6-14-31(16-18)27(32)24-20-10-1-3-12-22(20)33-23-13-4-2-11-21(23)24/h1-5,7,9-13,15,18,24H,6,8,14,16H2. The van der Waals surface area contributed by atoms with Gasteiger partial charge in [-0.3, -0.25) is 4.79 Å². The van der Waals surface area contributed by atoms with Crippen LogP contribution in [0.2, 0.25) is 0 Å². The molecule has 0 bridgehead atoms. The smallest absolute Gasteiger partial charge is 0.234 e. The molecule has 1 fully saturated rings. The van der Waals surface area contributed by atoms with Gasteiger partial charge in [0.25, 0.3) is 0 Å². The van der Waals surface area contributed by atoms with Crippen LogP contribution in [0.4, 0.5) is 4.39 Å². The van der Waals surface area contributed by atoms with Crippen LogP contribution in [0.5, 0.6) is 11.5 Å². The lowest BCUT2D eigenvalue weighted by Crippen LogP contribution is -2.42. The van der Waals surface area contributed by atoms with Gasteiger partial charge in [-0.05, 0) is 37.1 Å². The van der Waals surface area contributed by atoms with Gasteiger partial charge in [0.15, 0.2) is 0 Å². The molecule has 34 heavy (non-hydrogen) atoms. The van der Waals surface area contributed by atoms with Crippen molar-refractivity contribution in [2.75, 3.05) is 13.1 Å². The molecule has 3 heterocycles. The Bertz CT molecular complexity index is 1320. The number of hydrogen-bond acceptors (Lipinski definition) is 5. The average molecular weight is 455 g/mol. The molecule has 170 valence electrons. The van der Waals surface area contributed by atoms with Crippen LogP contribution in [0, 0.1) is 5.82 Å². The van der Waals surface area contributed by atoms with E-state index < -0.39 is 5.92 Å². The third-order valence-electron chi connectivity index (χ3n) is 6.53. The molecule has 7 heteroatoms. The number of para-hydroxylation sites is 2. The topological polar surface area (TPSA) is 68.5 Å². The van der Waals surface area contributed by atoms with Gasteiger partial charge < -0.3 is 14.2 Å². The van der Waals surface area contributed by atoms with E-state index in [1.807, 2.05) is 53.4 Å². The van der Waals surface area contributed by atoms with Gasteiger partial charge in [0.1, 0.15) is 17.3 Å². The molecule has 0 saturated carbocycles. The Balaban J connectivity index is 1.27. The number of benzene rings is 3. The van der Waals surface area contributed by atoms with E-state index in [9.17, 15) is 9.18 Å². The van der Waals surface area contributed by atoms with Gasteiger partial charge in [0, 0.05) is 29.8 Å². The quantitative estimate of drug-likeness (QED) is 0.407. The SMILES string of the molecule is O=C(C1c2ccccc2Oc2ccccc21)N1CCCC(c2nc(-c3cccc(F)c3)no2)C1. The molecular weight excluding hydrogens is 433 g/mol. The molecule has 2 aliphatic rings. The van der Waals surface area contributed by atoms with Crippen molar-refractivity contribution in [3.05, 3.63) is 95.6 Å². The largest absolute Gasteiger partial charge is 0.457 e. The fourth-order valence-corrected chi connectivity index (χ4v) is 4.88. The fourth-order valence-electron chi connectivity index (χ4n) is 4.88. The van der Waals surface area contributed by atoms with Gasteiger partial charge in [0.05, 0.1) is 11.8 Å². The first kappa shape index (κ1) is 20.6. The van der Waals surface area contributed by atoms with Crippen LogP contribution in [0.1, 0.15) is 41.7 Å². The summed E-state index contributed by atoms with van der Waals surface area (Å²) in [6.45, 7) is 1.16. The molecule has 1 unspecified atom stereocenters. The summed E-state index contributed by atoms with van der Waals surface area (Å²) in [7, 11) is 0. The first-order valence-electron chi connectivity index (χ1n) is 11.4. The van der Waals surface area contributed by atoms with Gasteiger partial charge in [-0.25, -0.2) is 4.39 Å². The molecule has 1 saturated heterocycles. The molecule has 6 nitrogen and oxygen atoms in total. The summed E-state index contributed by atoms with van der Waals surface area (Å²) >= 11 is 0. The number of piperidine rings is 1. The zero-order valence-corrected chi connectivity index (χ0v) is 18.4. The van der Waals surface area contributed by atoms with Gasteiger partial charge in [-0.1, -0.05) is 53.7 Å². The summed E-state index contributed by atoms with van der Waals surface area (Å²) in [4.78, 5) is 20.3. The normalized spacial score (nSPS) is 17.6. The highest BCUT2D eigenvalue weighted by Gasteiger charge is 2.37. The molecule has 6 rings (SSSR count). The van der Waals surface area contributed by atoms with Crippen molar-refractivity contribution in [1.82, 2.24) is 15.0 Å². The lowest BCUT2D eigenvalue weighted by atomic mass is 9.86. The Kier molecular flexibility index (Phi) is 5.09. The van der Waals surface area contributed by atoms with E-state index >= 15 is 0 Å². The highest BCUT2D eigenvalue weighted by atomic mass is 19.1. The average Bonchev–Trinajstić information content (AvgIpc) is 3.37. The van der Waals surface area contributed by atoms with E-state index in [0.717, 1.165) is 24.0 Å². The summed E-state index contributed by atoms with van der Waals surface area (Å²) in [6.07, 6.45) is 1.68. The number of aromatic nitrogens is 2. The number of nitrogens with zero attached hydrogens (tertiary/aromatic N) is 3. The van der Waals surface area contributed by atoms with E-state index in [1.54, 1.807) is 12.1 Å². The van der Waals surface area contributed by atoms with Crippen LogP contribution >= 0.6 is 0 Å². The van der Waals surface area contributed by atoms with Gasteiger partial charge >= 0.3 is 0 Å². The molecule has 2 aliphatic heterocycles. The summed E-state index contributed by atoms with van der Waals surface area (Å²) in [5, 5.41) is 4.05. The van der Waals surface area contributed by atoms with Crippen molar-refractivity contribution in [2.45, 2.75) is 24.7 Å². The Morgan fingerprint density at radius 3 is 2.44 bits per heavy atom. The molecular formula is C27H22FN3O3. The van der Waals surface area contributed by atoms with Crippen LogP contribution in [0.15, 0.2) is 77.3 Å². The maximum absolute atomic E-state index is 13.9. The molecule has 0 N–H and O–H groups in total. The minimum Gasteiger partial charge on any atom is -0.457 e. The van der Waals surface area contributed by atoms with Crippen molar-refractivity contribution in [2.24, 2.45) is 0 Å². The minimum atomic E-state index is -0.426. The molecule has 1 atom stereocenters. The molecule has 3 aromatic carbocycles. The zero-order valence-electron chi connectivity index (χ0n) is 18.4. The number of hydrogen-bond donors (Lipinski definition) is 0. The van der Waals surface area contributed by atoms with Crippen LogP contribution in [0.3, 0.4) is 0 Å². The fraction of sp³-hybridized carbons (Fsp3) is 0.222. The second-order valence-corrected chi connectivity index (χ2v) is 8.70. The lowest BCUT2D eigenvalue weighted by Gasteiger charge is -2.36. The van der Waals surface area contributed by atoms with Gasteiger partial charge in [-0.15, -0.1) is 0 Å². The third-order valence-corrected chi connectivity index (χ3v) is 6.53. The van der Waals surface area contributed by atoms with E-state index in [1.165, 1.54) is 12.1 Å². The summed E-state index contributed by atoms with van der Waals surface area (Å²) < 4.78 is 25.2. The second-order valence-electron chi connectivity index (χ2n) is 8.70. The van der Waals surface area contributed by atoms with E-state index in [4.69, 9.17) is 9.26 Å². The van der Waals surface area contributed by atoms with Gasteiger partial charge in [0.2, 0.25) is 17.6 Å². The molecule has 0 radical (unpaired) electrons. The molecule has 4 aromatic rings. The summed E-state index contributed by atoms with van der Waals surface area (Å²) in [5.41, 5.74) is 2.31. The van der Waals surface area contributed by atoms with Crippen LogP contribution in [-0.2, 0) is 4.79 Å². The molecule has 1 aromatic heterocycles. The summed E-state index contributed by atoms with van der Waals surface area (Å²) in [5.74, 6) is 1.45. The highest BCUT2D eigenvalue weighted by Crippen LogP contribution is 2.45. The highest BCUT2D eigenvalue weighted by molar-refractivity contribution is 5.89. The predicted octanol–water partition coefficient (Wildman–Crippen LogP) is 5.52. The maximum Gasteiger partial charge on any atom is 0.234 e. The first-order valence-corrected chi connectivity index (χ1v) is 11.4. The molecule has 1 amide bonds. The van der Waals surface area contributed by atoms with Crippen LogP contribution in [-0.4, -0.2) is 34.0 Å². The van der Waals surface area contributed by atoms with Crippen molar-refractivity contribution in [1.29, 1.82) is 0 Å². The summed E-state index contributed by atoms with van der Waals surface area (Å²) in [6, 6.07) is 21.5. The third kappa shape index (κ3) is 3.63. The first-order chi connectivity index (χ1) is 16.7. The van der Waals surface area contributed by atoms with Crippen LogP contribution < -0.4 is 4.74 Å². The number of carbonyl (C=O) groups excluding carboxylic acids is 1. The Hall–Kier alpha value is -4.00. The van der Waals surface area contributed by atoms with Crippen molar-refractivity contribution >= 4 is 5.91 Å². The second kappa shape index (κ2) is 8.41. The number of fused-ring (bicyclic) bond motifs is 2. The minimum absolute atomic E-state index is 0.0396. The number of ether oxygens (including phenoxy) is 1. The zero-order chi connectivity index (χ0) is 23.1. The van der Waals surface area contributed by atoms with Gasteiger partial charge in [-0.2, -0.15) is 4.98 Å². The monoisotopic (exact) mass is 455 g/mol. The predicted molar refractivity (Wildman–Crippen MR) is 123 cm³/mol. The molecule has 0 aliphatic carbocycles. The maximum atomic E-state index is 13.9. The van der Waals surface area contributed by atoms with Crippen molar-refractivity contribution in [3.8, 4) is 22.9 Å². The number of rotatable bonds is 3. The number of likely N-dealkylation sites (tertiary alicyclic amines) is 1. The molecule has 0 spiro atoms. The number of halogens is 1. The van der Waals surface area contributed by atoms with Crippen molar-refractivity contribution in [3.63, 3.8) is 0 Å². The number of amides is 1. The lowest BCUT2D eigenvalue weighted by molar-refractivity contribution is -0.133. The van der Waals surface area contributed by atoms with E-state index in [0.29, 0.717) is 41.9 Å². The number of carbonyl (C=O) groups is 1. The van der Waals surface area contributed by atoms with E-state index in [-0.39, 0.29) is 17.6 Å². The Morgan fingerprint density at radius 2 is 1.71 bits per heavy atom. The Morgan fingerprint density at radius 1 is 0.971 bits per heavy atom. The van der Waals surface area contributed by atoms with E-state index in [2.05, 4.69) is 10.1 Å². The van der Waals surface area contributed by atoms with Crippen LogP contribution in [0.25, 0.3) is 11.4 Å². The Labute approximate surface area is 196 Å². The van der Waals surface area contributed by atoms with Crippen molar-refractivity contribution < 1.29 is 18.4 Å².